The lowest BCUT2D eigenvalue weighted by atomic mass is 10.1. The molecule has 0 heterocycles. The summed E-state index contributed by atoms with van der Waals surface area (Å²) in [5, 5.41) is 11.6. The topological polar surface area (TPSA) is 62.1 Å². The van der Waals surface area contributed by atoms with Gasteiger partial charge in [0.15, 0.2) is 0 Å². The van der Waals surface area contributed by atoms with Crippen molar-refractivity contribution in [3.05, 3.63) is 63.6 Å². The van der Waals surface area contributed by atoms with Gasteiger partial charge in [0.05, 0.1) is 16.1 Å². The Morgan fingerprint density at radius 2 is 1.96 bits per heavy atom. The van der Waals surface area contributed by atoms with Gasteiger partial charge in [-0.2, -0.15) is 18.4 Å². The molecule has 2 aromatic carbocycles. The average molecular weight is 453 g/mol. The molecule has 0 aromatic heterocycles. The summed E-state index contributed by atoms with van der Waals surface area (Å²) >= 11 is 3.36. The Morgan fingerprint density at radius 3 is 2.54 bits per heavy atom. The number of anilines is 1. The summed E-state index contributed by atoms with van der Waals surface area (Å²) in [6, 6.07) is 11.0. The summed E-state index contributed by atoms with van der Waals surface area (Å²) in [6.07, 6.45) is -3.21. The fourth-order valence-electron chi connectivity index (χ4n) is 2.24. The molecule has 146 valence electrons. The van der Waals surface area contributed by atoms with E-state index in [1.165, 1.54) is 18.2 Å². The number of benzene rings is 2. The Balaban J connectivity index is 2.22. The molecule has 0 spiro atoms. The third kappa shape index (κ3) is 5.86. The minimum atomic E-state index is -4.53. The lowest BCUT2D eigenvalue weighted by Crippen LogP contribution is -2.14. The Labute approximate surface area is 168 Å². The first-order valence-corrected chi connectivity index (χ1v) is 8.96. The predicted octanol–water partition coefficient (Wildman–Crippen LogP) is 5.80. The van der Waals surface area contributed by atoms with Crippen molar-refractivity contribution in [3.8, 4) is 11.8 Å². The number of alkyl halides is 3. The van der Waals surface area contributed by atoms with Crippen molar-refractivity contribution in [2.24, 2.45) is 0 Å². The predicted molar refractivity (Wildman–Crippen MR) is 104 cm³/mol. The Morgan fingerprint density at radius 1 is 1.25 bits per heavy atom. The van der Waals surface area contributed by atoms with Gasteiger partial charge in [-0.25, -0.2) is 0 Å². The number of ether oxygens (including phenoxy) is 1. The van der Waals surface area contributed by atoms with Crippen molar-refractivity contribution >= 4 is 33.6 Å². The van der Waals surface area contributed by atoms with Crippen molar-refractivity contribution in [2.75, 3.05) is 5.32 Å². The van der Waals surface area contributed by atoms with Crippen molar-refractivity contribution in [3.63, 3.8) is 0 Å². The quantitative estimate of drug-likeness (QED) is 0.460. The molecule has 0 fully saturated rings. The zero-order chi connectivity index (χ0) is 20.9. The molecule has 0 radical (unpaired) electrons. The Kier molecular flexibility index (Phi) is 6.86. The molecule has 2 rings (SSSR count). The van der Waals surface area contributed by atoms with Crippen LogP contribution in [-0.4, -0.2) is 12.0 Å². The van der Waals surface area contributed by atoms with Crippen LogP contribution in [0.5, 0.6) is 5.75 Å². The number of carbonyl (C=O) groups excluding carboxylic acids is 1. The molecule has 0 unspecified atom stereocenters. The van der Waals surface area contributed by atoms with Gasteiger partial charge in [-0.05, 0) is 71.7 Å². The van der Waals surface area contributed by atoms with Gasteiger partial charge in [0.25, 0.3) is 5.91 Å². The second-order valence-corrected chi connectivity index (χ2v) is 6.91. The van der Waals surface area contributed by atoms with Crippen LogP contribution in [0.1, 0.15) is 25.0 Å². The van der Waals surface area contributed by atoms with E-state index in [0.717, 1.165) is 12.1 Å². The number of hydrogen-bond donors (Lipinski definition) is 1. The zero-order valence-corrected chi connectivity index (χ0v) is 16.6. The monoisotopic (exact) mass is 452 g/mol. The first kappa shape index (κ1) is 21.5. The molecule has 0 atom stereocenters. The van der Waals surface area contributed by atoms with E-state index in [2.05, 4.69) is 21.2 Å². The van der Waals surface area contributed by atoms with E-state index in [4.69, 9.17) is 4.74 Å². The lowest BCUT2D eigenvalue weighted by Gasteiger charge is -2.12. The van der Waals surface area contributed by atoms with Crippen LogP contribution in [0.25, 0.3) is 6.08 Å². The summed E-state index contributed by atoms with van der Waals surface area (Å²) < 4.78 is 44.6. The molecule has 4 nitrogen and oxygen atoms in total. The molecule has 1 amide bonds. The van der Waals surface area contributed by atoms with E-state index < -0.39 is 17.6 Å². The molecule has 0 aliphatic rings. The summed E-state index contributed by atoms with van der Waals surface area (Å²) in [5.74, 6) is -0.195. The lowest BCUT2D eigenvalue weighted by molar-refractivity contribution is -0.137. The maximum Gasteiger partial charge on any atom is 0.416 e. The van der Waals surface area contributed by atoms with Crippen molar-refractivity contribution in [1.82, 2.24) is 0 Å². The fraction of sp³-hybridized carbons (Fsp3) is 0.200. The molecule has 0 saturated carbocycles. The fourth-order valence-corrected chi connectivity index (χ4v) is 2.73. The third-order valence-electron chi connectivity index (χ3n) is 3.44. The number of halogens is 4. The molecule has 0 aliphatic heterocycles. The number of nitrogens with zero attached hydrogens (tertiary/aromatic N) is 1. The molecule has 1 N–H and O–H groups in total. The summed E-state index contributed by atoms with van der Waals surface area (Å²) in [7, 11) is 0. The summed E-state index contributed by atoms with van der Waals surface area (Å²) in [6.45, 7) is 3.76. The number of carbonyl (C=O) groups is 1. The van der Waals surface area contributed by atoms with Gasteiger partial charge in [-0.1, -0.05) is 12.1 Å². The van der Waals surface area contributed by atoms with Crippen LogP contribution in [0.15, 0.2) is 52.5 Å². The van der Waals surface area contributed by atoms with E-state index >= 15 is 0 Å². The Hall–Kier alpha value is -2.79. The Bertz CT molecular complexity index is 947. The molecular formula is C20H16BrF3N2O2. The van der Waals surface area contributed by atoms with E-state index in [9.17, 15) is 23.2 Å². The minimum absolute atomic E-state index is 0.0226. The van der Waals surface area contributed by atoms with E-state index in [-0.39, 0.29) is 17.4 Å². The van der Waals surface area contributed by atoms with E-state index in [1.54, 1.807) is 24.3 Å². The largest absolute Gasteiger partial charge is 0.490 e. The van der Waals surface area contributed by atoms with Crippen molar-refractivity contribution in [2.45, 2.75) is 26.1 Å². The molecule has 0 bridgehead atoms. The van der Waals surface area contributed by atoms with Crippen molar-refractivity contribution in [1.29, 1.82) is 5.26 Å². The highest BCUT2D eigenvalue weighted by atomic mass is 79.9. The molecular weight excluding hydrogens is 437 g/mol. The van der Waals surface area contributed by atoms with Gasteiger partial charge in [0.2, 0.25) is 0 Å². The number of nitriles is 1. The zero-order valence-electron chi connectivity index (χ0n) is 15.0. The minimum Gasteiger partial charge on any atom is -0.490 e. The van der Waals surface area contributed by atoms with Gasteiger partial charge in [-0.3, -0.25) is 4.79 Å². The molecule has 28 heavy (non-hydrogen) atoms. The average Bonchev–Trinajstić information content (AvgIpc) is 2.61. The van der Waals surface area contributed by atoms with E-state index in [1.807, 2.05) is 13.8 Å². The van der Waals surface area contributed by atoms with Gasteiger partial charge in [0, 0.05) is 5.69 Å². The molecule has 0 aliphatic carbocycles. The molecule has 0 saturated heterocycles. The van der Waals surface area contributed by atoms with Crippen molar-refractivity contribution < 1.29 is 22.7 Å². The number of nitrogens with one attached hydrogen (secondary N) is 1. The highest BCUT2D eigenvalue weighted by molar-refractivity contribution is 9.10. The molecule has 8 heteroatoms. The highest BCUT2D eigenvalue weighted by Gasteiger charge is 2.30. The maximum atomic E-state index is 12.8. The van der Waals surface area contributed by atoms with Gasteiger partial charge < -0.3 is 10.1 Å². The number of hydrogen-bond acceptors (Lipinski definition) is 3. The summed E-state index contributed by atoms with van der Waals surface area (Å²) in [5.41, 5.74) is -0.638. The van der Waals surface area contributed by atoms with Crippen LogP contribution in [0.2, 0.25) is 0 Å². The van der Waals surface area contributed by atoms with Crippen LogP contribution < -0.4 is 10.1 Å². The normalized spacial score (nSPS) is 11.9. The van der Waals surface area contributed by atoms with Gasteiger partial charge in [0.1, 0.15) is 17.4 Å². The standard InChI is InChI=1S/C20H16BrF3N2O2/c1-12(2)28-18-7-6-13(9-17(18)21)8-14(11-25)19(27)26-16-5-3-4-15(10-16)20(22,23)24/h3-10,12H,1-2H3,(H,26,27)/b14-8+. The van der Waals surface area contributed by atoms with Crippen LogP contribution in [0.3, 0.4) is 0 Å². The SMILES string of the molecule is CC(C)Oc1ccc(/C=C(\C#N)C(=O)Nc2cccc(C(F)(F)F)c2)cc1Br. The second-order valence-electron chi connectivity index (χ2n) is 6.06. The smallest absolute Gasteiger partial charge is 0.416 e. The number of amides is 1. The molecule has 2 aromatic rings. The van der Waals surface area contributed by atoms with Gasteiger partial charge in [-0.15, -0.1) is 0 Å². The second kappa shape index (κ2) is 8.93. The summed E-state index contributed by atoms with van der Waals surface area (Å²) in [4.78, 5) is 12.3. The maximum absolute atomic E-state index is 12.8. The van der Waals surface area contributed by atoms with Crippen LogP contribution >= 0.6 is 15.9 Å². The first-order valence-electron chi connectivity index (χ1n) is 8.16. The third-order valence-corrected chi connectivity index (χ3v) is 4.06. The van der Waals surface area contributed by atoms with Crippen LogP contribution in [0.4, 0.5) is 18.9 Å². The van der Waals surface area contributed by atoms with Gasteiger partial charge >= 0.3 is 6.18 Å². The van der Waals surface area contributed by atoms with Crippen LogP contribution in [0, 0.1) is 11.3 Å². The van der Waals surface area contributed by atoms with Crippen LogP contribution in [-0.2, 0) is 11.0 Å². The first-order chi connectivity index (χ1) is 13.1. The van der Waals surface area contributed by atoms with E-state index in [0.29, 0.717) is 15.8 Å². The highest BCUT2D eigenvalue weighted by Crippen LogP contribution is 2.31. The number of rotatable bonds is 5.